The first-order chi connectivity index (χ1) is 12.5. The number of hydrogen-bond donors (Lipinski definition) is 2. The van der Waals surface area contributed by atoms with Crippen molar-refractivity contribution in [1.29, 1.82) is 0 Å². The molecule has 26 heavy (non-hydrogen) atoms. The van der Waals surface area contributed by atoms with E-state index in [0.29, 0.717) is 6.04 Å². The number of halogens is 1. The van der Waals surface area contributed by atoms with Gasteiger partial charge in [0.1, 0.15) is 12.4 Å². The monoisotopic (exact) mass is 362 g/mol. The van der Waals surface area contributed by atoms with Gasteiger partial charge in [-0.1, -0.05) is 0 Å². The standard InChI is InChI=1S/C21H33FN4/c1-6-25(7-2)14-8-9-16(3)23-15-21-17(4)24-26(18(21)5)20-12-10-19(22)11-13-20/h10-13,16,23H,6-9,14-15H2,1-5H3/p+2/t16-/m0/s1. The molecule has 1 aromatic carbocycles. The Hall–Kier alpha value is -1.72. The van der Waals surface area contributed by atoms with Crippen molar-refractivity contribution in [2.24, 2.45) is 0 Å². The largest absolute Gasteiger partial charge is 0.340 e. The fourth-order valence-electron chi connectivity index (χ4n) is 3.52. The lowest BCUT2D eigenvalue weighted by atomic mass is 10.1. The molecule has 0 unspecified atom stereocenters. The highest BCUT2D eigenvalue weighted by molar-refractivity contribution is 5.36. The van der Waals surface area contributed by atoms with E-state index in [4.69, 9.17) is 0 Å². The summed E-state index contributed by atoms with van der Waals surface area (Å²) < 4.78 is 15.1. The van der Waals surface area contributed by atoms with Gasteiger partial charge >= 0.3 is 0 Å². The maximum atomic E-state index is 13.2. The molecule has 0 aliphatic carbocycles. The Kier molecular flexibility index (Phi) is 7.79. The summed E-state index contributed by atoms with van der Waals surface area (Å²) in [6, 6.07) is 7.13. The van der Waals surface area contributed by atoms with Crippen LogP contribution in [0.3, 0.4) is 0 Å². The third-order valence-electron chi connectivity index (χ3n) is 5.43. The third-order valence-corrected chi connectivity index (χ3v) is 5.43. The minimum Gasteiger partial charge on any atom is -0.340 e. The summed E-state index contributed by atoms with van der Waals surface area (Å²) in [6.45, 7) is 15.6. The van der Waals surface area contributed by atoms with E-state index in [2.05, 4.69) is 45.0 Å². The van der Waals surface area contributed by atoms with Crippen LogP contribution in [0.4, 0.5) is 4.39 Å². The number of hydrogen-bond acceptors (Lipinski definition) is 1. The molecule has 0 aliphatic rings. The van der Waals surface area contributed by atoms with Crippen LogP contribution >= 0.6 is 0 Å². The number of nitrogens with two attached hydrogens (primary N) is 1. The van der Waals surface area contributed by atoms with Crippen molar-refractivity contribution in [3.8, 4) is 5.69 Å². The van der Waals surface area contributed by atoms with Crippen LogP contribution in [0.1, 0.15) is 50.6 Å². The first kappa shape index (κ1) is 20.6. The van der Waals surface area contributed by atoms with Crippen LogP contribution in [0.25, 0.3) is 5.69 Å². The Labute approximate surface area is 157 Å². The number of quaternary nitrogens is 2. The average Bonchev–Trinajstić information content (AvgIpc) is 2.91. The van der Waals surface area contributed by atoms with Gasteiger partial charge in [0.05, 0.1) is 48.3 Å². The third kappa shape index (κ3) is 5.39. The maximum Gasteiger partial charge on any atom is 0.123 e. The van der Waals surface area contributed by atoms with E-state index in [-0.39, 0.29) is 5.82 Å². The highest BCUT2D eigenvalue weighted by Gasteiger charge is 2.16. The fraction of sp³-hybridized carbons (Fsp3) is 0.571. The predicted molar refractivity (Wildman–Crippen MR) is 104 cm³/mol. The molecule has 2 aromatic rings. The fourth-order valence-corrected chi connectivity index (χ4v) is 3.52. The molecule has 3 N–H and O–H groups in total. The van der Waals surface area contributed by atoms with Crippen molar-refractivity contribution in [3.05, 3.63) is 47.0 Å². The quantitative estimate of drug-likeness (QED) is 0.664. The SMILES string of the molecule is CC[NH+](CC)CCC[C@H](C)[NH2+]Cc1c(C)nn(-c2ccc(F)cc2)c1C. The molecular formula is C21H35FN4+2. The summed E-state index contributed by atoms with van der Waals surface area (Å²) in [5.41, 5.74) is 4.40. The van der Waals surface area contributed by atoms with Gasteiger partial charge < -0.3 is 10.2 Å². The van der Waals surface area contributed by atoms with Crippen LogP contribution in [-0.2, 0) is 6.54 Å². The number of benzene rings is 1. The zero-order valence-electron chi connectivity index (χ0n) is 17.0. The first-order valence-electron chi connectivity index (χ1n) is 9.94. The summed E-state index contributed by atoms with van der Waals surface area (Å²) in [7, 11) is 0. The molecule has 4 nitrogen and oxygen atoms in total. The van der Waals surface area contributed by atoms with Gasteiger partial charge in [0.2, 0.25) is 0 Å². The zero-order valence-corrected chi connectivity index (χ0v) is 17.0. The van der Waals surface area contributed by atoms with Gasteiger partial charge in [-0.2, -0.15) is 5.10 Å². The molecule has 1 atom stereocenters. The molecule has 0 amide bonds. The highest BCUT2D eigenvalue weighted by atomic mass is 19.1. The van der Waals surface area contributed by atoms with E-state index in [9.17, 15) is 4.39 Å². The molecule has 0 saturated carbocycles. The number of aryl methyl sites for hydroxylation is 1. The van der Waals surface area contributed by atoms with Crippen LogP contribution in [0.2, 0.25) is 0 Å². The zero-order chi connectivity index (χ0) is 19.1. The molecule has 0 saturated heterocycles. The van der Waals surface area contributed by atoms with Crippen molar-refractivity contribution >= 4 is 0 Å². The summed E-state index contributed by atoms with van der Waals surface area (Å²) in [6.07, 6.45) is 2.52. The summed E-state index contributed by atoms with van der Waals surface area (Å²) >= 11 is 0. The van der Waals surface area contributed by atoms with E-state index in [1.807, 2.05) is 4.68 Å². The topological polar surface area (TPSA) is 38.9 Å². The molecule has 1 aromatic heterocycles. The Morgan fingerprint density at radius 1 is 1.15 bits per heavy atom. The minimum absolute atomic E-state index is 0.218. The number of rotatable bonds is 10. The van der Waals surface area contributed by atoms with Crippen LogP contribution in [0, 0.1) is 19.7 Å². The lowest BCUT2D eigenvalue weighted by Gasteiger charge is -2.16. The molecule has 1 heterocycles. The summed E-state index contributed by atoms with van der Waals surface area (Å²) in [5.74, 6) is -0.218. The number of nitrogens with one attached hydrogen (secondary N) is 1. The van der Waals surface area contributed by atoms with Crippen LogP contribution < -0.4 is 10.2 Å². The van der Waals surface area contributed by atoms with Crippen molar-refractivity contribution in [2.75, 3.05) is 19.6 Å². The summed E-state index contributed by atoms with van der Waals surface area (Å²) in [4.78, 5) is 1.68. The Morgan fingerprint density at radius 2 is 1.81 bits per heavy atom. The minimum atomic E-state index is -0.218. The molecule has 5 heteroatoms. The van der Waals surface area contributed by atoms with Crippen LogP contribution in [0.15, 0.2) is 24.3 Å². The van der Waals surface area contributed by atoms with Gasteiger partial charge in [-0.3, -0.25) is 0 Å². The normalized spacial score (nSPS) is 12.7. The van der Waals surface area contributed by atoms with Gasteiger partial charge in [-0.25, -0.2) is 9.07 Å². The Balaban J connectivity index is 1.92. The van der Waals surface area contributed by atoms with Crippen LogP contribution in [-0.4, -0.2) is 35.5 Å². The second-order valence-corrected chi connectivity index (χ2v) is 7.30. The average molecular weight is 363 g/mol. The second kappa shape index (κ2) is 9.83. The lowest BCUT2D eigenvalue weighted by Crippen LogP contribution is -3.11. The van der Waals surface area contributed by atoms with Gasteiger partial charge in [0.15, 0.2) is 0 Å². The molecular weight excluding hydrogens is 327 g/mol. The molecule has 0 aliphatic heterocycles. The van der Waals surface area contributed by atoms with Gasteiger partial charge in [0.25, 0.3) is 0 Å². The smallest absolute Gasteiger partial charge is 0.123 e. The molecule has 0 fully saturated rings. The van der Waals surface area contributed by atoms with Crippen molar-refractivity contribution < 1.29 is 14.6 Å². The maximum absolute atomic E-state index is 13.2. The molecule has 0 spiro atoms. The van der Waals surface area contributed by atoms with Crippen molar-refractivity contribution in [3.63, 3.8) is 0 Å². The molecule has 144 valence electrons. The van der Waals surface area contributed by atoms with E-state index in [0.717, 1.165) is 23.6 Å². The Morgan fingerprint density at radius 3 is 2.42 bits per heavy atom. The van der Waals surface area contributed by atoms with E-state index in [1.54, 1.807) is 17.0 Å². The van der Waals surface area contributed by atoms with Crippen molar-refractivity contribution in [2.45, 2.75) is 60.0 Å². The van der Waals surface area contributed by atoms with Crippen molar-refractivity contribution in [1.82, 2.24) is 9.78 Å². The molecule has 2 rings (SSSR count). The predicted octanol–water partition coefficient (Wildman–Crippen LogP) is 1.79. The summed E-state index contributed by atoms with van der Waals surface area (Å²) in [5, 5.41) is 7.09. The molecule has 0 radical (unpaired) electrons. The van der Waals surface area contributed by atoms with E-state index in [1.165, 1.54) is 50.2 Å². The van der Waals surface area contributed by atoms with Gasteiger partial charge in [-0.05, 0) is 58.9 Å². The Bertz CT molecular complexity index is 674. The molecule has 0 bridgehead atoms. The number of aromatic nitrogens is 2. The lowest BCUT2D eigenvalue weighted by molar-refractivity contribution is -0.896. The second-order valence-electron chi connectivity index (χ2n) is 7.30. The van der Waals surface area contributed by atoms with Gasteiger partial charge in [-0.15, -0.1) is 0 Å². The van der Waals surface area contributed by atoms with Gasteiger partial charge in [0, 0.05) is 12.8 Å². The van der Waals surface area contributed by atoms with E-state index < -0.39 is 0 Å². The highest BCUT2D eigenvalue weighted by Crippen LogP contribution is 2.17. The first-order valence-corrected chi connectivity index (χ1v) is 9.94. The van der Waals surface area contributed by atoms with Crippen LogP contribution in [0.5, 0.6) is 0 Å². The van der Waals surface area contributed by atoms with E-state index >= 15 is 0 Å². The number of nitrogens with zero attached hydrogens (tertiary/aromatic N) is 2.